The van der Waals surface area contributed by atoms with Crippen molar-refractivity contribution < 1.29 is 14.3 Å². The van der Waals surface area contributed by atoms with Crippen LogP contribution in [-0.4, -0.2) is 41.6 Å². The number of aromatic amines is 1. The summed E-state index contributed by atoms with van der Waals surface area (Å²) in [6.07, 6.45) is 1.54. The summed E-state index contributed by atoms with van der Waals surface area (Å²) in [6, 6.07) is 13.2. The number of benzene rings is 2. The molecular weight excluding hydrogens is 364 g/mol. The third kappa shape index (κ3) is 4.79. The molecule has 2 N–H and O–H groups in total. The van der Waals surface area contributed by atoms with E-state index >= 15 is 0 Å². The van der Waals surface area contributed by atoms with Gasteiger partial charge < -0.3 is 14.5 Å². The van der Waals surface area contributed by atoms with Gasteiger partial charge in [0.2, 0.25) is 0 Å². The number of nitrogens with one attached hydrogen (secondary N) is 2. The second-order valence-corrected chi connectivity index (χ2v) is 6.42. The van der Waals surface area contributed by atoms with Gasteiger partial charge in [-0.3, -0.25) is 4.79 Å². The predicted molar refractivity (Wildman–Crippen MR) is 107 cm³/mol. The number of hydrogen-bond donors (Lipinski definition) is 2. The minimum atomic E-state index is -0.224. The van der Waals surface area contributed by atoms with Gasteiger partial charge in [-0.1, -0.05) is 30.0 Å². The van der Waals surface area contributed by atoms with E-state index in [-0.39, 0.29) is 11.7 Å². The molecule has 0 aliphatic carbocycles. The van der Waals surface area contributed by atoms with Gasteiger partial charge in [0.25, 0.3) is 5.91 Å². The van der Waals surface area contributed by atoms with Crippen molar-refractivity contribution in [1.82, 2.24) is 15.4 Å². The van der Waals surface area contributed by atoms with Crippen molar-refractivity contribution in [1.29, 1.82) is 0 Å². The highest BCUT2D eigenvalue weighted by Crippen LogP contribution is 2.29. The Morgan fingerprint density at radius 2 is 2.15 bits per heavy atom. The van der Waals surface area contributed by atoms with Gasteiger partial charge in [0.15, 0.2) is 16.7 Å². The van der Waals surface area contributed by atoms with Crippen LogP contribution in [0, 0.1) is 0 Å². The van der Waals surface area contributed by atoms with Crippen molar-refractivity contribution in [3.63, 3.8) is 0 Å². The number of methoxy groups -OCH3 is 1. The van der Waals surface area contributed by atoms with Crippen LogP contribution in [0.3, 0.4) is 0 Å². The average molecular weight is 384 g/mol. The third-order valence-corrected chi connectivity index (χ3v) is 4.49. The first-order chi connectivity index (χ1) is 13.2. The number of hydrazone groups is 1. The van der Waals surface area contributed by atoms with Crippen molar-refractivity contribution in [2.75, 3.05) is 19.5 Å². The van der Waals surface area contributed by atoms with E-state index in [1.54, 1.807) is 7.11 Å². The summed E-state index contributed by atoms with van der Waals surface area (Å²) >= 11 is 1.32. The topological polar surface area (TPSA) is 88.6 Å². The summed E-state index contributed by atoms with van der Waals surface area (Å²) in [5.41, 5.74) is 5.06. The Labute approximate surface area is 161 Å². The van der Waals surface area contributed by atoms with Crippen LogP contribution in [0.15, 0.2) is 52.7 Å². The van der Waals surface area contributed by atoms with Crippen molar-refractivity contribution in [3.05, 3.63) is 48.0 Å². The zero-order valence-electron chi connectivity index (χ0n) is 15.1. The fraction of sp³-hybridized carbons (Fsp3) is 0.211. The van der Waals surface area contributed by atoms with Crippen molar-refractivity contribution in [2.45, 2.75) is 12.1 Å². The summed E-state index contributed by atoms with van der Waals surface area (Å²) in [4.78, 5) is 19.6. The number of para-hydroxylation sites is 3. The highest BCUT2D eigenvalue weighted by molar-refractivity contribution is 7.99. The molecule has 2 aromatic carbocycles. The minimum Gasteiger partial charge on any atom is -0.493 e. The normalized spacial score (nSPS) is 11.0. The number of nitrogens with zero attached hydrogens (tertiary/aromatic N) is 2. The van der Waals surface area contributed by atoms with Crippen molar-refractivity contribution >= 4 is 34.9 Å². The van der Waals surface area contributed by atoms with E-state index < -0.39 is 0 Å². The van der Waals surface area contributed by atoms with Crippen molar-refractivity contribution in [3.8, 4) is 11.5 Å². The lowest BCUT2D eigenvalue weighted by atomic mass is 10.2. The molecule has 1 amide bonds. The molecule has 0 aliphatic rings. The van der Waals surface area contributed by atoms with Crippen LogP contribution in [0.25, 0.3) is 11.0 Å². The van der Waals surface area contributed by atoms with E-state index in [2.05, 4.69) is 20.5 Å². The molecule has 0 atom stereocenters. The highest BCUT2D eigenvalue weighted by atomic mass is 32.2. The Bertz CT molecular complexity index is 922. The van der Waals surface area contributed by atoms with Gasteiger partial charge in [0.1, 0.15) is 0 Å². The number of aromatic nitrogens is 2. The van der Waals surface area contributed by atoms with Crippen LogP contribution in [0.1, 0.15) is 12.5 Å². The fourth-order valence-corrected chi connectivity index (χ4v) is 3.11. The van der Waals surface area contributed by atoms with Crippen LogP contribution in [0.2, 0.25) is 0 Å². The summed E-state index contributed by atoms with van der Waals surface area (Å²) < 4.78 is 10.9. The molecule has 3 rings (SSSR count). The molecule has 0 spiro atoms. The molecule has 7 nitrogen and oxygen atoms in total. The summed E-state index contributed by atoms with van der Waals surface area (Å²) in [5.74, 6) is 1.19. The largest absolute Gasteiger partial charge is 0.493 e. The first-order valence-electron chi connectivity index (χ1n) is 8.40. The van der Waals surface area contributed by atoms with E-state index in [0.29, 0.717) is 23.3 Å². The molecule has 8 heteroatoms. The summed E-state index contributed by atoms with van der Waals surface area (Å²) in [5, 5.41) is 4.71. The lowest BCUT2D eigenvalue weighted by molar-refractivity contribution is -0.118. The molecule has 140 valence electrons. The maximum atomic E-state index is 12.0. The Morgan fingerprint density at radius 3 is 2.93 bits per heavy atom. The molecule has 0 bridgehead atoms. The molecule has 0 radical (unpaired) electrons. The van der Waals surface area contributed by atoms with E-state index in [1.807, 2.05) is 49.4 Å². The number of ether oxygens (including phenoxy) is 2. The van der Waals surface area contributed by atoms with Gasteiger partial charge in [-0.2, -0.15) is 5.10 Å². The second-order valence-electron chi connectivity index (χ2n) is 5.45. The lowest BCUT2D eigenvalue weighted by Gasteiger charge is -2.11. The molecule has 1 aromatic heterocycles. The molecule has 0 saturated carbocycles. The molecular formula is C19H20N4O3S. The average Bonchev–Trinajstić information content (AvgIpc) is 3.10. The fourth-order valence-electron chi connectivity index (χ4n) is 2.43. The molecule has 1 heterocycles. The van der Waals surface area contributed by atoms with Crippen LogP contribution >= 0.6 is 11.8 Å². The first kappa shape index (κ1) is 18.8. The van der Waals surface area contributed by atoms with E-state index in [9.17, 15) is 4.79 Å². The third-order valence-electron chi connectivity index (χ3n) is 3.62. The van der Waals surface area contributed by atoms with Gasteiger partial charge in [0, 0.05) is 5.56 Å². The Morgan fingerprint density at radius 1 is 1.30 bits per heavy atom. The van der Waals surface area contributed by atoms with Gasteiger partial charge in [-0.25, -0.2) is 10.4 Å². The Balaban J connectivity index is 1.57. The van der Waals surface area contributed by atoms with Crippen LogP contribution in [0.4, 0.5) is 0 Å². The number of amides is 1. The minimum absolute atomic E-state index is 0.202. The molecule has 0 unspecified atom stereocenters. The molecule has 27 heavy (non-hydrogen) atoms. The number of imidazole rings is 1. The summed E-state index contributed by atoms with van der Waals surface area (Å²) in [7, 11) is 1.58. The van der Waals surface area contributed by atoms with Gasteiger partial charge >= 0.3 is 0 Å². The summed E-state index contributed by atoms with van der Waals surface area (Å²) in [6.45, 7) is 2.39. The monoisotopic (exact) mass is 384 g/mol. The van der Waals surface area contributed by atoms with Crippen LogP contribution in [-0.2, 0) is 4.79 Å². The molecule has 0 fully saturated rings. The number of carbonyl (C=O) groups excluding carboxylic acids is 1. The number of H-pyrrole nitrogens is 1. The van der Waals surface area contributed by atoms with Gasteiger partial charge in [-0.05, 0) is 31.2 Å². The number of carbonyl (C=O) groups is 1. The molecule has 3 aromatic rings. The Hall–Kier alpha value is -3.00. The molecule has 0 aliphatic heterocycles. The number of fused-ring (bicyclic) bond motifs is 1. The van der Waals surface area contributed by atoms with E-state index in [1.165, 1.54) is 18.0 Å². The lowest BCUT2D eigenvalue weighted by Crippen LogP contribution is -2.19. The molecule has 0 saturated heterocycles. The van der Waals surface area contributed by atoms with Gasteiger partial charge in [0.05, 0.1) is 36.7 Å². The maximum absolute atomic E-state index is 12.0. The smallest absolute Gasteiger partial charge is 0.250 e. The van der Waals surface area contributed by atoms with Crippen LogP contribution in [0.5, 0.6) is 11.5 Å². The maximum Gasteiger partial charge on any atom is 0.250 e. The number of hydrogen-bond acceptors (Lipinski definition) is 6. The number of rotatable bonds is 8. The highest BCUT2D eigenvalue weighted by Gasteiger charge is 2.09. The van der Waals surface area contributed by atoms with E-state index in [0.717, 1.165) is 16.6 Å². The standard InChI is InChI=1S/C19H20N4O3S/c1-3-26-18-13(7-6-10-16(18)25-2)11-20-23-17(24)12-27-19-21-14-8-4-5-9-15(14)22-19/h4-11H,3,12H2,1-2H3,(H,21,22)(H,23,24)/b20-11-. The zero-order chi connectivity index (χ0) is 19.1. The quantitative estimate of drug-likeness (QED) is 0.354. The van der Waals surface area contributed by atoms with Gasteiger partial charge in [-0.15, -0.1) is 0 Å². The van der Waals surface area contributed by atoms with Crippen LogP contribution < -0.4 is 14.9 Å². The first-order valence-corrected chi connectivity index (χ1v) is 9.39. The number of thioether (sulfide) groups is 1. The predicted octanol–water partition coefficient (Wildman–Crippen LogP) is 3.21. The SMILES string of the molecule is CCOc1c(/C=N\NC(=O)CSc2nc3ccccc3[nH]2)cccc1OC. The van der Waals surface area contributed by atoms with E-state index in [4.69, 9.17) is 9.47 Å². The Kier molecular flexibility index (Phi) is 6.32. The zero-order valence-corrected chi connectivity index (χ0v) is 15.9. The second kappa shape index (κ2) is 9.09. The van der Waals surface area contributed by atoms with Crippen molar-refractivity contribution in [2.24, 2.45) is 5.10 Å².